The van der Waals surface area contributed by atoms with Gasteiger partial charge in [-0.05, 0) is 103 Å². The van der Waals surface area contributed by atoms with Crippen molar-refractivity contribution in [3.8, 4) is 56.0 Å². The second-order valence-corrected chi connectivity index (χ2v) is 16.0. The van der Waals surface area contributed by atoms with Gasteiger partial charge in [0, 0.05) is 28.1 Å². The Balaban J connectivity index is 0.995. The van der Waals surface area contributed by atoms with Gasteiger partial charge in [0.2, 0.25) is 0 Å². The molecule has 0 fully saturated rings. The van der Waals surface area contributed by atoms with Crippen LogP contribution >= 0.6 is 0 Å². The number of para-hydroxylation sites is 2. The van der Waals surface area contributed by atoms with Gasteiger partial charge in [-0.3, -0.25) is 0 Å². The maximum absolute atomic E-state index is 6.95. The van der Waals surface area contributed by atoms with E-state index in [1.54, 1.807) is 0 Å². The lowest BCUT2D eigenvalue weighted by Crippen LogP contribution is -2.32. The Labute approximate surface area is 356 Å². The van der Waals surface area contributed by atoms with Crippen molar-refractivity contribution in [3.63, 3.8) is 0 Å². The highest BCUT2D eigenvalue weighted by molar-refractivity contribution is 5.94. The molecule has 1 aliphatic heterocycles. The van der Waals surface area contributed by atoms with Gasteiger partial charge < -0.3 is 9.64 Å². The first kappa shape index (κ1) is 35.0. The maximum Gasteiger partial charge on any atom is 0.132 e. The SMILES string of the molecule is c1ccc(-c2ccc(-c3ccc(N(c4ccc5ccccc5c4)c4ccccc4-c4ccc5c(c4)Oc4ccccc4C54c5ccccc5-c5ccccc54)cc3)cc2)cc1. The fourth-order valence-electron chi connectivity index (χ4n) is 9.97. The molecule has 1 aliphatic carbocycles. The summed E-state index contributed by atoms with van der Waals surface area (Å²) in [7, 11) is 0. The van der Waals surface area contributed by atoms with Gasteiger partial charge in [-0.2, -0.15) is 0 Å². The van der Waals surface area contributed by atoms with E-state index in [9.17, 15) is 0 Å². The van der Waals surface area contributed by atoms with Crippen molar-refractivity contribution in [2.24, 2.45) is 0 Å². The van der Waals surface area contributed by atoms with E-state index in [1.165, 1.54) is 60.8 Å². The Bertz CT molecular complexity index is 3230. The first-order valence-corrected chi connectivity index (χ1v) is 21.0. The minimum Gasteiger partial charge on any atom is -0.457 e. The van der Waals surface area contributed by atoms with Crippen molar-refractivity contribution in [2.75, 3.05) is 4.90 Å². The first-order chi connectivity index (χ1) is 30.2. The van der Waals surface area contributed by atoms with Crippen LogP contribution in [0.3, 0.4) is 0 Å². The van der Waals surface area contributed by atoms with Crippen molar-refractivity contribution in [1.82, 2.24) is 0 Å². The lowest BCUT2D eigenvalue weighted by molar-refractivity contribution is 0.436. The molecule has 2 aliphatic rings. The zero-order chi connectivity index (χ0) is 40.3. The van der Waals surface area contributed by atoms with Crippen LogP contribution in [0.15, 0.2) is 237 Å². The van der Waals surface area contributed by atoms with E-state index in [1.807, 2.05) is 0 Å². The van der Waals surface area contributed by atoms with Crippen LogP contribution in [0.1, 0.15) is 22.3 Å². The molecule has 0 N–H and O–H groups in total. The monoisotopic (exact) mass is 777 g/mol. The molecule has 1 heterocycles. The highest BCUT2D eigenvalue weighted by Gasteiger charge is 2.50. The van der Waals surface area contributed by atoms with Crippen molar-refractivity contribution < 1.29 is 4.74 Å². The van der Waals surface area contributed by atoms with Crippen molar-refractivity contribution in [2.45, 2.75) is 5.41 Å². The molecular weight excluding hydrogens is 739 g/mol. The topological polar surface area (TPSA) is 12.5 Å². The van der Waals surface area contributed by atoms with E-state index in [-0.39, 0.29) is 0 Å². The van der Waals surface area contributed by atoms with Gasteiger partial charge in [0.05, 0.1) is 11.1 Å². The molecule has 10 aromatic carbocycles. The summed E-state index contributed by atoms with van der Waals surface area (Å²) in [5.41, 5.74) is 17.2. The Morgan fingerprint density at radius 3 is 1.49 bits per heavy atom. The van der Waals surface area contributed by atoms with Crippen LogP contribution in [0.25, 0.3) is 55.3 Å². The summed E-state index contributed by atoms with van der Waals surface area (Å²) < 4.78 is 6.95. The van der Waals surface area contributed by atoms with Crippen LogP contribution in [0, 0.1) is 0 Å². The molecule has 0 saturated carbocycles. The minimum absolute atomic E-state index is 0.504. The third kappa shape index (κ3) is 5.57. The number of nitrogens with zero attached hydrogens (tertiary/aromatic N) is 1. The summed E-state index contributed by atoms with van der Waals surface area (Å²) in [4.78, 5) is 2.39. The third-order valence-corrected chi connectivity index (χ3v) is 12.7. The number of hydrogen-bond donors (Lipinski definition) is 0. The van der Waals surface area contributed by atoms with Gasteiger partial charge >= 0.3 is 0 Å². The normalized spacial score (nSPS) is 12.9. The van der Waals surface area contributed by atoms with Crippen LogP contribution in [0.4, 0.5) is 17.1 Å². The molecule has 12 rings (SSSR count). The predicted molar refractivity (Wildman–Crippen MR) is 252 cm³/mol. The van der Waals surface area contributed by atoms with Gasteiger partial charge in [-0.25, -0.2) is 0 Å². The molecule has 1 spiro atoms. The first-order valence-electron chi connectivity index (χ1n) is 21.0. The van der Waals surface area contributed by atoms with Crippen LogP contribution in [0.5, 0.6) is 11.5 Å². The van der Waals surface area contributed by atoms with Crippen molar-refractivity contribution >= 4 is 27.8 Å². The Morgan fingerprint density at radius 2 is 0.787 bits per heavy atom. The number of rotatable bonds is 6. The van der Waals surface area contributed by atoms with Gasteiger partial charge in [0.15, 0.2) is 0 Å². The lowest BCUT2D eigenvalue weighted by atomic mass is 9.66. The van der Waals surface area contributed by atoms with Gasteiger partial charge in [-0.15, -0.1) is 0 Å². The average molecular weight is 778 g/mol. The molecule has 0 amide bonds. The maximum atomic E-state index is 6.95. The van der Waals surface area contributed by atoms with Crippen LogP contribution in [0.2, 0.25) is 0 Å². The minimum atomic E-state index is -0.504. The highest BCUT2D eigenvalue weighted by atomic mass is 16.5. The van der Waals surface area contributed by atoms with E-state index >= 15 is 0 Å². The van der Waals surface area contributed by atoms with Crippen LogP contribution in [-0.2, 0) is 5.41 Å². The van der Waals surface area contributed by atoms with E-state index in [2.05, 4.69) is 241 Å². The molecule has 2 heteroatoms. The number of hydrogen-bond acceptors (Lipinski definition) is 2. The molecule has 286 valence electrons. The van der Waals surface area contributed by atoms with E-state index < -0.39 is 5.41 Å². The lowest BCUT2D eigenvalue weighted by Gasteiger charge is -2.39. The van der Waals surface area contributed by atoms with Crippen LogP contribution in [-0.4, -0.2) is 0 Å². The third-order valence-electron chi connectivity index (χ3n) is 12.7. The van der Waals surface area contributed by atoms with Gasteiger partial charge in [0.25, 0.3) is 0 Å². The smallest absolute Gasteiger partial charge is 0.132 e. The van der Waals surface area contributed by atoms with E-state index in [4.69, 9.17) is 4.74 Å². The van der Waals surface area contributed by atoms with Crippen molar-refractivity contribution in [3.05, 3.63) is 259 Å². The molecule has 0 saturated heterocycles. The number of benzene rings is 10. The molecule has 10 aromatic rings. The molecule has 0 aromatic heterocycles. The highest BCUT2D eigenvalue weighted by Crippen LogP contribution is 2.62. The second kappa shape index (κ2) is 14.1. The zero-order valence-corrected chi connectivity index (χ0v) is 33.4. The molecule has 61 heavy (non-hydrogen) atoms. The fourth-order valence-corrected chi connectivity index (χ4v) is 9.97. The molecule has 2 nitrogen and oxygen atoms in total. The number of ether oxygens (including phenoxy) is 1. The largest absolute Gasteiger partial charge is 0.457 e. The van der Waals surface area contributed by atoms with Crippen molar-refractivity contribution in [1.29, 1.82) is 0 Å². The second-order valence-electron chi connectivity index (χ2n) is 16.0. The van der Waals surface area contributed by atoms with Gasteiger partial charge in [0.1, 0.15) is 11.5 Å². The van der Waals surface area contributed by atoms with E-state index in [0.717, 1.165) is 45.3 Å². The average Bonchev–Trinajstić information content (AvgIpc) is 3.63. The Kier molecular flexibility index (Phi) is 8.11. The molecular formula is C59H39NO. The standard InChI is InChI=1S/C59H39NO/c1-2-14-40(15-3-1)42-26-28-43(29-27-42)44-30-34-47(35-31-44)60(48-36-32-41-16-4-5-17-45(41)38-48)56-24-12-8-18-49(56)46-33-37-55-58(39-46)61-57-25-13-11-23-54(57)59(55)52-21-9-6-19-50(52)51-20-7-10-22-53(51)59/h1-39H. The van der Waals surface area contributed by atoms with E-state index in [0.29, 0.717) is 0 Å². The zero-order valence-electron chi connectivity index (χ0n) is 33.4. The summed E-state index contributed by atoms with van der Waals surface area (Å²) in [6.45, 7) is 0. The summed E-state index contributed by atoms with van der Waals surface area (Å²) >= 11 is 0. The predicted octanol–water partition coefficient (Wildman–Crippen LogP) is 15.8. The Hall–Kier alpha value is -7.94. The Morgan fingerprint density at radius 1 is 0.295 bits per heavy atom. The van der Waals surface area contributed by atoms with Gasteiger partial charge in [-0.1, -0.05) is 194 Å². The fraction of sp³-hybridized carbons (Fsp3) is 0.0169. The summed E-state index contributed by atoms with van der Waals surface area (Å²) in [6.07, 6.45) is 0. The summed E-state index contributed by atoms with van der Waals surface area (Å²) in [6, 6.07) is 85.7. The summed E-state index contributed by atoms with van der Waals surface area (Å²) in [5, 5.41) is 2.41. The summed E-state index contributed by atoms with van der Waals surface area (Å²) in [5.74, 6) is 1.76. The molecule has 0 atom stereocenters. The molecule has 0 radical (unpaired) electrons. The van der Waals surface area contributed by atoms with Crippen LogP contribution < -0.4 is 9.64 Å². The number of fused-ring (bicyclic) bond motifs is 10. The molecule has 0 bridgehead atoms. The molecule has 0 unspecified atom stereocenters. The number of anilines is 3. The quantitative estimate of drug-likeness (QED) is 0.167.